The van der Waals surface area contributed by atoms with E-state index in [1.807, 2.05) is 0 Å². The number of halogens is 1. The molecule has 25 heavy (non-hydrogen) atoms. The van der Waals surface area contributed by atoms with Crippen molar-refractivity contribution in [3.63, 3.8) is 0 Å². The minimum absolute atomic E-state index is 0.0248. The molecule has 0 radical (unpaired) electrons. The minimum atomic E-state index is -0.310. The first-order valence-corrected chi connectivity index (χ1v) is 8.54. The quantitative estimate of drug-likeness (QED) is 0.676. The molecule has 128 valence electrons. The van der Waals surface area contributed by atoms with E-state index in [4.69, 9.17) is 16.1 Å². The maximum Gasteiger partial charge on any atom is 0.252 e. The third-order valence-corrected chi connectivity index (χ3v) is 4.49. The topological polar surface area (TPSA) is 79.5 Å². The van der Waals surface area contributed by atoms with E-state index in [0.717, 1.165) is 5.69 Å². The van der Waals surface area contributed by atoms with Crippen molar-refractivity contribution >= 4 is 34.0 Å². The highest BCUT2D eigenvalue weighted by Crippen LogP contribution is 2.34. The van der Waals surface area contributed by atoms with Gasteiger partial charge in [0.1, 0.15) is 5.75 Å². The van der Waals surface area contributed by atoms with Gasteiger partial charge in [0.05, 0.1) is 17.9 Å². The maximum atomic E-state index is 12.2. The summed E-state index contributed by atoms with van der Waals surface area (Å²) in [4.78, 5) is 18.1. The minimum Gasteiger partial charge on any atom is -0.507 e. The highest BCUT2D eigenvalue weighted by Gasteiger charge is 2.20. The number of aromatic nitrogens is 2. The van der Waals surface area contributed by atoms with Crippen molar-refractivity contribution in [3.05, 3.63) is 58.8 Å². The average Bonchev–Trinajstić information content (AvgIpc) is 3.21. The van der Waals surface area contributed by atoms with Crippen LogP contribution in [0.1, 0.15) is 11.5 Å². The monoisotopic (exact) mass is 375 g/mol. The number of anilines is 1. The number of phenolic OH excluding ortho intramolecular Hbond substituents is 1. The Morgan fingerprint density at radius 3 is 2.92 bits per heavy atom. The van der Waals surface area contributed by atoms with Crippen molar-refractivity contribution in [3.8, 4) is 17.0 Å². The van der Waals surface area contributed by atoms with Crippen LogP contribution in [0.15, 0.2) is 46.8 Å². The van der Waals surface area contributed by atoms with Crippen molar-refractivity contribution < 1.29 is 14.4 Å². The van der Waals surface area contributed by atoms with Gasteiger partial charge in [-0.2, -0.15) is 0 Å². The molecule has 0 aliphatic rings. The van der Waals surface area contributed by atoms with Crippen LogP contribution in [0.5, 0.6) is 5.75 Å². The van der Waals surface area contributed by atoms with Gasteiger partial charge in [0.2, 0.25) is 0 Å². The van der Waals surface area contributed by atoms with Crippen LogP contribution < -0.4 is 4.90 Å². The lowest BCUT2D eigenvalue weighted by molar-refractivity contribution is -0.114. The molecule has 2 heterocycles. The van der Waals surface area contributed by atoms with Gasteiger partial charge >= 0.3 is 0 Å². The molecule has 0 aliphatic heterocycles. The lowest BCUT2D eigenvalue weighted by Gasteiger charge is -2.16. The van der Waals surface area contributed by atoms with Crippen LogP contribution in [0, 0.1) is 6.92 Å². The molecule has 8 heteroatoms. The number of hydrogen-bond donors (Lipinski definition) is 1. The molecule has 3 rings (SSSR count). The Hall–Kier alpha value is -2.64. The van der Waals surface area contributed by atoms with Crippen LogP contribution in [-0.2, 0) is 11.3 Å². The molecular weight excluding hydrogens is 362 g/mol. The number of carbonyl (C=O) groups is 1. The number of rotatable bonds is 5. The van der Waals surface area contributed by atoms with Gasteiger partial charge in [-0.15, -0.1) is 11.3 Å². The SMILES string of the molecule is C=CC(=O)N(Cc1cc(C)no1)c1nc(-c2ccc(Cl)cc2O)cs1. The van der Waals surface area contributed by atoms with Crippen LogP contribution in [0.3, 0.4) is 0 Å². The summed E-state index contributed by atoms with van der Waals surface area (Å²) in [5.74, 6) is 0.255. The van der Waals surface area contributed by atoms with Gasteiger partial charge in [-0.05, 0) is 31.2 Å². The molecule has 1 aromatic carbocycles. The fourth-order valence-electron chi connectivity index (χ4n) is 2.23. The van der Waals surface area contributed by atoms with E-state index in [1.165, 1.54) is 28.4 Å². The molecule has 0 spiro atoms. The van der Waals surface area contributed by atoms with Gasteiger partial charge in [-0.3, -0.25) is 9.69 Å². The molecule has 0 saturated heterocycles. The van der Waals surface area contributed by atoms with E-state index < -0.39 is 0 Å². The number of thiazole rings is 1. The second-order valence-electron chi connectivity index (χ2n) is 5.24. The fourth-order valence-corrected chi connectivity index (χ4v) is 3.23. The molecule has 0 aliphatic carbocycles. The molecule has 0 saturated carbocycles. The van der Waals surface area contributed by atoms with Crippen molar-refractivity contribution in [2.75, 3.05) is 4.90 Å². The van der Waals surface area contributed by atoms with Gasteiger partial charge in [-0.1, -0.05) is 23.3 Å². The summed E-state index contributed by atoms with van der Waals surface area (Å²) in [6.45, 7) is 5.52. The van der Waals surface area contributed by atoms with E-state index in [2.05, 4.69) is 16.7 Å². The van der Waals surface area contributed by atoms with Crippen LogP contribution >= 0.6 is 22.9 Å². The first-order valence-electron chi connectivity index (χ1n) is 7.28. The van der Waals surface area contributed by atoms with E-state index in [9.17, 15) is 9.90 Å². The Morgan fingerprint density at radius 2 is 2.28 bits per heavy atom. The summed E-state index contributed by atoms with van der Waals surface area (Å²) < 4.78 is 5.18. The van der Waals surface area contributed by atoms with Crippen molar-refractivity contribution in [2.45, 2.75) is 13.5 Å². The summed E-state index contributed by atoms with van der Waals surface area (Å²) in [5, 5.41) is 16.5. The Bertz CT molecular complexity index is 935. The van der Waals surface area contributed by atoms with Crippen LogP contribution in [-0.4, -0.2) is 21.2 Å². The number of benzene rings is 1. The second kappa shape index (κ2) is 7.08. The summed E-state index contributed by atoms with van der Waals surface area (Å²) in [5.41, 5.74) is 1.81. The smallest absolute Gasteiger partial charge is 0.252 e. The van der Waals surface area contributed by atoms with Crippen molar-refractivity contribution in [1.82, 2.24) is 10.1 Å². The number of nitrogens with zero attached hydrogens (tertiary/aromatic N) is 3. The van der Waals surface area contributed by atoms with Crippen molar-refractivity contribution in [1.29, 1.82) is 0 Å². The standard InChI is InChI=1S/C17H14ClN3O3S/c1-3-16(23)21(8-12-6-10(2)20-24-12)17-19-14(9-25-17)13-5-4-11(18)7-15(13)22/h3-7,9,22H,1,8H2,2H3. The van der Waals surface area contributed by atoms with Gasteiger partial charge in [0, 0.05) is 22.0 Å². The Morgan fingerprint density at radius 1 is 1.48 bits per heavy atom. The fraction of sp³-hybridized carbons (Fsp3) is 0.118. The zero-order valence-corrected chi connectivity index (χ0v) is 14.8. The highest BCUT2D eigenvalue weighted by atomic mass is 35.5. The van der Waals surface area contributed by atoms with E-state index >= 15 is 0 Å². The third kappa shape index (κ3) is 3.72. The Labute approximate surface area is 153 Å². The number of aryl methyl sites for hydroxylation is 1. The molecule has 6 nitrogen and oxygen atoms in total. The van der Waals surface area contributed by atoms with Crippen LogP contribution in [0.25, 0.3) is 11.3 Å². The van der Waals surface area contributed by atoms with Gasteiger partial charge < -0.3 is 9.63 Å². The zero-order valence-electron chi connectivity index (χ0n) is 13.3. The van der Waals surface area contributed by atoms with Gasteiger partial charge in [0.25, 0.3) is 5.91 Å². The van der Waals surface area contributed by atoms with Gasteiger partial charge in [-0.25, -0.2) is 4.98 Å². The Balaban J connectivity index is 1.93. The molecule has 3 aromatic rings. The molecule has 1 amide bonds. The summed E-state index contributed by atoms with van der Waals surface area (Å²) >= 11 is 7.13. The number of carbonyl (C=O) groups excluding carboxylic acids is 1. The van der Waals surface area contributed by atoms with E-state index in [0.29, 0.717) is 27.2 Å². The highest BCUT2D eigenvalue weighted by molar-refractivity contribution is 7.14. The average molecular weight is 376 g/mol. The first kappa shape index (κ1) is 17.2. The first-order chi connectivity index (χ1) is 12.0. The van der Waals surface area contributed by atoms with Crippen LogP contribution in [0.4, 0.5) is 5.13 Å². The lowest BCUT2D eigenvalue weighted by Crippen LogP contribution is -2.28. The number of hydrogen-bond acceptors (Lipinski definition) is 6. The van der Waals surface area contributed by atoms with Crippen LogP contribution in [0.2, 0.25) is 5.02 Å². The molecular formula is C17H14ClN3O3S. The summed E-state index contributed by atoms with van der Waals surface area (Å²) in [6, 6.07) is 6.54. The summed E-state index contributed by atoms with van der Waals surface area (Å²) in [6.07, 6.45) is 1.21. The predicted molar refractivity (Wildman–Crippen MR) is 96.9 cm³/mol. The molecule has 0 fully saturated rings. The maximum absolute atomic E-state index is 12.2. The molecule has 0 atom stereocenters. The second-order valence-corrected chi connectivity index (χ2v) is 6.51. The number of phenols is 1. The molecule has 1 N–H and O–H groups in total. The zero-order chi connectivity index (χ0) is 18.0. The van der Waals surface area contributed by atoms with Gasteiger partial charge in [0.15, 0.2) is 10.9 Å². The number of amides is 1. The molecule has 2 aromatic heterocycles. The third-order valence-electron chi connectivity index (χ3n) is 3.39. The predicted octanol–water partition coefficient (Wildman–Crippen LogP) is 4.18. The molecule has 0 bridgehead atoms. The van der Waals surface area contributed by atoms with E-state index in [1.54, 1.807) is 30.5 Å². The van der Waals surface area contributed by atoms with Crippen molar-refractivity contribution in [2.24, 2.45) is 0 Å². The largest absolute Gasteiger partial charge is 0.507 e. The molecule has 0 unspecified atom stereocenters. The summed E-state index contributed by atoms with van der Waals surface area (Å²) in [7, 11) is 0. The van der Waals surface area contributed by atoms with E-state index in [-0.39, 0.29) is 18.2 Å². The normalized spacial score (nSPS) is 10.6. The Kier molecular flexibility index (Phi) is 4.87. The number of aromatic hydroxyl groups is 1. The lowest BCUT2D eigenvalue weighted by atomic mass is 10.1.